The number of aromatic hydroxyl groups is 1. The molecule has 2 aromatic carbocycles. The monoisotopic (exact) mass is 482 g/mol. The Morgan fingerprint density at radius 2 is 1.82 bits per heavy atom. The van der Waals surface area contributed by atoms with Crippen molar-refractivity contribution in [2.75, 3.05) is 0 Å². The molecule has 0 saturated heterocycles. The maximum Gasteiger partial charge on any atom is 0.200 e. The number of benzene rings is 2. The molecule has 0 bridgehead atoms. The first kappa shape index (κ1) is 23.8. The second-order valence-corrected chi connectivity index (χ2v) is 12.6. The molecule has 2 aromatic heterocycles. The second kappa shape index (κ2) is 8.77. The van der Waals surface area contributed by atoms with Crippen LogP contribution in [0.5, 0.6) is 5.75 Å². The van der Waals surface area contributed by atoms with Crippen LogP contribution < -0.4 is 0 Å². The molecule has 0 amide bonds. The number of hydrogen-bond acceptors (Lipinski definition) is 4. The van der Waals surface area contributed by atoms with Crippen molar-refractivity contribution >= 4 is 34.3 Å². The van der Waals surface area contributed by atoms with Crippen LogP contribution in [0.3, 0.4) is 0 Å². The summed E-state index contributed by atoms with van der Waals surface area (Å²) in [6.45, 7) is 13.6. The summed E-state index contributed by atoms with van der Waals surface area (Å²) < 4.78 is 8.16. The summed E-state index contributed by atoms with van der Waals surface area (Å²) in [5.74, 6) is 0.999. The van der Waals surface area contributed by atoms with E-state index in [-0.39, 0.29) is 15.9 Å². The SMILES string of the molecule is Cc1coc(C(C)(C)Cc2cc3cc(O)ccc3n2Cc2ccc(Cl)cc2SC(C)(C)C)n1. The van der Waals surface area contributed by atoms with Crippen molar-refractivity contribution in [3.63, 3.8) is 0 Å². The van der Waals surface area contributed by atoms with Crippen LogP contribution in [0.15, 0.2) is 58.0 Å². The van der Waals surface area contributed by atoms with Gasteiger partial charge in [0, 0.05) is 49.6 Å². The number of aromatic nitrogens is 2. The number of oxazole rings is 1. The van der Waals surface area contributed by atoms with Crippen molar-refractivity contribution in [2.45, 2.75) is 69.6 Å². The van der Waals surface area contributed by atoms with Gasteiger partial charge < -0.3 is 14.1 Å². The summed E-state index contributed by atoms with van der Waals surface area (Å²) >= 11 is 8.19. The zero-order valence-electron chi connectivity index (χ0n) is 20.1. The quantitative estimate of drug-likeness (QED) is 0.285. The maximum atomic E-state index is 10.1. The Balaban J connectivity index is 1.79. The summed E-state index contributed by atoms with van der Waals surface area (Å²) in [6, 6.07) is 13.9. The second-order valence-electron chi connectivity index (χ2n) is 10.3. The average molecular weight is 483 g/mol. The molecule has 2 heterocycles. The third-order valence-electron chi connectivity index (χ3n) is 5.57. The van der Waals surface area contributed by atoms with Crippen molar-refractivity contribution in [3.8, 4) is 5.75 Å². The highest BCUT2D eigenvalue weighted by molar-refractivity contribution is 8.00. The number of hydrogen-bond donors (Lipinski definition) is 1. The zero-order valence-corrected chi connectivity index (χ0v) is 21.6. The van der Waals surface area contributed by atoms with E-state index in [2.05, 4.69) is 62.4 Å². The van der Waals surface area contributed by atoms with Gasteiger partial charge in [0.1, 0.15) is 12.0 Å². The van der Waals surface area contributed by atoms with Crippen LogP contribution in [-0.2, 0) is 18.4 Å². The van der Waals surface area contributed by atoms with Gasteiger partial charge in [0.05, 0.1) is 5.69 Å². The van der Waals surface area contributed by atoms with Crippen LogP contribution in [0.25, 0.3) is 10.9 Å². The summed E-state index contributed by atoms with van der Waals surface area (Å²) in [4.78, 5) is 5.77. The van der Waals surface area contributed by atoms with Crippen LogP contribution in [0.2, 0.25) is 5.02 Å². The third-order valence-corrected chi connectivity index (χ3v) is 7.01. The minimum atomic E-state index is -0.286. The van der Waals surface area contributed by atoms with Gasteiger partial charge in [-0.3, -0.25) is 0 Å². The van der Waals surface area contributed by atoms with Crippen molar-refractivity contribution in [1.82, 2.24) is 9.55 Å². The molecule has 0 fully saturated rings. The van der Waals surface area contributed by atoms with E-state index < -0.39 is 0 Å². The molecule has 0 aliphatic carbocycles. The van der Waals surface area contributed by atoms with Crippen LogP contribution in [0.1, 0.15) is 57.5 Å². The molecule has 0 atom stereocenters. The van der Waals surface area contributed by atoms with E-state index in [1.165, 1.54) is 10.5 Å². The summed E-state index contributed by atoms with van der Waals surface area (Å²) in [5.41, 5.74) is 4.07. The Morgan fingerprint density at radius 3 is 2.48 bits per heavy atom. The topological polar surface area (TPSA) is 51.2 Å². The minimum Gasteiger partial charge on any atom is -0.508 e. The summed E-state index contributed by atoms with van der Waals surface area (Å²) in [5, 5.41) is 11.8. The first-order chi connectivity index (χ1) is 15.4. The first-order valence-corrected chi connectivity index (χ1v) is 12.3. The van der Waals surface area contributed by atoms with Gasteiger partial charge in [0.25, 0.3) is 0 Å². The van der Waals surface area contributed by atoms with E-state index in [4.69, 9.17) is 16.0 Å². The van der Waals surface area contributed by atoms with Gasteiger partial charge in [-0.25, -0.2) is 4.98 Å². The van der Waals surface area contributed by atoms with Gasteiger partial charge >= 0.3 is 0 Å². The van der Waals surface area contributed by atoms with Gasteiger partial charge in [-0.1, -0.05) is 52.3 Å². The molecule has 0 aliphatic rings. The fourth-order valence-corrected chi connectivity index (χ4v) is 5.44. The van der Waals surface area contributed by atoms with Crippen molar-refractivity contribution in [2.24, 2.45) is 0 Å². The van der Waals surface area contributed by atoms with Gasteiger partial charge in [-0.15, -0.1) is 11.8 Å². The number of phenolic OH excluding ortho intramolecular Hbond substituents is 1. The Labute approximate surface area is 205 Å². The predicted octanol–water partition coefficient (Wildman–Crippen LogP) is 7.76. The molecule has 0 unspecified atom stereocenters. The van der Waals surface area contributed by atoms with Gasteiger partial charge in [-0.05, 0) is 48.9 Å². The predicted molar refractivity (Wildman–Crippen MR) is 138 cm³/mol. The molecule has 4 aromatic rings. The molecular weight excluding hydrogens is 452 g/mol. The maximum absolute atomic E-state index is 10.1. The van der Waals surface area contributed by atoms with E-state index in [0.29, 0.717) is 6.54 Å². The lowest BCUT2D eigenvalue weighted by molar-refractivity contribution is 0.361. The Bertz CT molecular complexity index is 1300. The largest absolute Gasteiger partial charge is 0.508 e. The van der Waals surface area contributed by atoms with E-state index in [1.807, 2.05) is 36.9 Å². The molecule has 4 nitrogen and oxygen atoms in total. The van der Waals surface area contributed by atoms with E-state index in [0.717, 1.165) is 39.6 Å². The van der Waals surface area contributed by atoms with Gasteiger partial charge in [0.15, 0.2) is 5.89 Å². The first-order valence-electron chi connectivity index (χ1n) is 11.1. The Kier molecular flexibility index (Phi) is 6.32. The smallest absolute Gasteiger partial charge is 0.200 e. The van der Waals surface area contributed by atoms with Crippen LogP contribution in [0, 0.1) is 6.92 Å². The molecule has 0 saturated carbocycles. The number of halogens is 1. The van der Waals surface area contributed by atoms with Gasteiger partial charge in [-0.2, -0.15) is 0 Å². The summed E-state index contributed by atoms with van der Waals surface area (Å²) in [6.07, 6.45) is 2.45. The third kappa shape index (κ3) is 5.42. The molecule has 33 heavy (non-hydrogen) atoms. The van der Waals surface area contributed by atoms with Crippen molar-refractivity contribution in [3.05, 3.63) is 76.6 Å². The van der Waals surface area contributed by atoms with Crippen LogP contribution in [0.4, 0.5) is 0 Å². The van der Waals surface area contributed by atoms with E-state index >= 15 is 0 Å². The lowest BCUT2D eigenvalue weighted by Crippen LogP contribution is -2.23. The zero-order chi connectivity index (χ0) is 24.0. The van der Waals surface area contributed by atoms with Crippen molar-refractivity contribution < 1.29 is 9.52 Å². The number of aryl methyl sites for hydroxylation is 1. The molecule has 174 valence electrons. The standard InChI is InChI=1S/C27H31ClN2O2S/c1-17-16-32-25(29-17)27(5,6)14-21-11-19-12-22(31)9-10-23(19)30(21)15-18-7-8-20(28)13-24(18)33-26(2,3)4/h7-13,16,31H,14-15H2,1-6H3. The molecule has 0 radical (unpaired) electrons. The molecule has 4 rings (SSSR count). The fraction of sp³-hybridized carbons (Fsp3) is 0.370. The highest BCUT2D eigenvalue weighted by atomic mass is 35.5. The van der Waals surface area contributed by atoms with Crippen LogP contribution >= 0.6 is 23.4 Å². The number of rotatable bonds is 6. The Morgan fingerprint density at radius 1 is 1.06 bits per heavy atom. The average Bonchev–Trinajstić information content (AvgIpc) is 3.26. The minimum absolute atomic E-state index is 0.0671. The van der Waals surface area contributed by atoms with Gasteiger partial charge in [0.2, 0.25) is 0 Å². The molecule has 0 spiro atoms. The van der Waals surface area contributed by atoms with E-state index in [1.54, 1.807) is 12.3 Å². The number of thioether (sulfide) groups is 1. The molecule has 0 aliphatic heterocycles. The van der Waals surface area contributed by atoms with E-state index in [9.17, 15) is 5.11 Å². The number of fused-ring (bicyclic) bond motifs is 1. The highest BCUT2D eigenvalue weighted by Crippen LogP contribution is 2.37. The normalized spacial score (nSPS) is 12.6. The molecule has 1 N–H and O–H groups in total. The highest BCUT2D eigenvalue weighted by Gasteiger charge is 2.29. The lowest BCUT2D eigenvalue weighted by atomic mass is 9.87. The van der Waals surface area contributed by atoms with Crippen molar-refractivity contribution in [1.29, 1.82) is 0 Å². The molecule has 6 heteroatoms. The summed E-state index contributed by atoms with van der Waals surface area (Å²) in [7, 11) is 0. The number of nitrogens with zero attached hydrogens (tertiary/aromatic N) is 2. The molecular formula is C27H31ClN2O2S. The number of phenols is 1. The Hall–Kier alpha value is -2.37. The lowest BCUT2D eigenvalue weighted by Gasteiger charge is -2.24. The van der Waals surface area contributed by atoms with Crippen LogP contribution in [-0.4, -0.2) is 19.4 Å². The fourth-order valence-electron chi connectivity index (χ4n) is 4.10.